The molecule has 0 amide bonds. The summed E-state index contributed by atoms with van der Waals surface area (Å²) in [7, 11) is 0. The smallest absolute Gasteiger partial charge is 0.229 e. The summed E-state index contributed by atoms with van der Waals surface area (Å²) in [6, 6.07) is 11.3. The van der Waals surface area contributed by atoms with E-state index < -0.39 is 0 Å². The van der Waals surface area contributed by atoms with Crippen molar-refractivity contribution in [2.45, 2.75) is 20.8 Å². The van der Waals surface area contributed by atoms with Gasteiger partial charge in [-0.2, -0.15) is 4.98 Å². The summed E-state index contributed by atoms with van der Waals surface area (Å²) in [5, 5.41) is 10.2. The monoisotopic (exact) mass is 325 g/mol. The first kappa shape index (κ1) is 15.8. The van der Waals surface area contributed by atoms with Crippen molar-refractivity contribution in [3.8, 4) is 5.75 Å². The fraction of sp³-hybridized carbons (Fsp3) is 0.235. The predicted molar refractivity (Wildman–Crippen MR) is 92.2 cm³/mol. The van der Waals surface area contributed by atoms with Gasteiger partial charge >= 0.3 is 0 Å². The van der Waals surface area contributed by atoms with E-state index in [9.17, 15) is 0 Å². The molecule has 3 aromatic rings. The van der Waals surface area contributed by atoms with Crippen LogP contribution in [0.4, 0.5) is 23.3 Å². The Labute approximate surface area is 140 Å². The van der Waals surface area contributed by atoms with Crippen molar-refractivity contribution in [2.24, 2.45) is 0 Å². The van der Waals surface area contributed by atoms with E-state index in [0.29, 0.717) is 24.2 Å². The van der Waals surface area contributed by atoms with E-state index >= 15 is 0 Å². The number of aromatic nitrogens is 3. The number of nitrogens with zero attached hydrogens (tertiary/aromatic N) is 3. The SMILES string of the molecule is CCOc1ccc(Nc2nc(C)cc(Nc3cc(C)on3)n2)cc1. The second-order valence-corrected chi connectivity index (χ2v) is 5.25. The molecule has 7 heteroatoms. The largest absolute Gasteiger partial charge is 0.494 e. The molecule has 2 N–H and O–H groups in total. The van der Waals surface area contributed by atoms with Gasteiger partial charge < -0.3 is 19.9 Å². The molecule has 0 unspecified atom stereocenters. The maximum Gasteiger partial charge on any atom is 0.229 e. The van der Waals surface area contributed by atoms with E-state index in [1.54, 1.807) is 6.07 Å². The Hall–Kier alpha value is -3.09. The summed E-state index contributed by atoms with van der Waals surface area (Å²) < 4.78 is 10.5. The van der Waals surface area contributed by atoms with E-state index in [1.165, 1.54) is 0 Å². The normalized spacial score (nSPS) is 10.5. The minimum Gasteiger partial charge on any atom is -0.494 e. The van der Waals surface area contributed by atoms with Crippen LogP contribution < -0.4 is 15.4 Å². The topological polar surface area (TPSA) is 85.1 Å². The Morgan fingerprint density at radius 1 is 1.00 bits per heavy atom. The third-order valence-electron chi connectivity index (χ3n) is 3.16. The minimum atomic E-state index is 0.502. The number of rotatable bonds is 6. The van der Waals surface area contributed by atoms with Crippen molar-refractivity contribution in [2.75, 3.05) is 17.2 Å². The maximum absolute atomic E-state index is 5.43. The highest BCUT2D eigenvalue weighted by Crippen LogP contribution is 2.21. The van der Waals surface area contributed by atoms with Crippen molar-refractivity contribution >= 4 is 23.3 Å². The predicted octanol–water partition coefficient (Wildman–Crippen LogP) is 3.97. The van der Waals surface area contributed by atoms with Crippen LogP contribution in [0.15, 0.2) is 40.9 Å². The first-order valence-electron chi connectivity index (χ1n) is 7.68. The molecular formula is C17H19N5O2. The molecule has 1 aromatic carbocycles. The maximum atomic E-state index is 5.43. The molecule has 0 fully saturated rings. The van der Waals surface area contributed by atoms with Gasteiger partial charge in [0, 0.05) is 23.5 Å². The summed E-state index contributed by atoms with van der Waals surface area (Å²) in [6.07, 6.45) is 0. The van der Waals surface area contributed by atoms with Gasteiger partial charge in [0.1, 0.15) is 17.3 Å². The molecule has 0 saturated carbocycles. The molecule has 0 aliphatic carbocycles. The summed E-state index contributed by atoms with van der Waals surface area (Å²) >= 11 is 0. The van der Waals surface area contributed by atoms with E-state index in [2.05, 4.69) is 25.8 Å². The number of ether oxygens (including phenoxy) is 1. The van der Waals surface area contributed by atoms with Gasteiger partial charge in [0.15, 0.2) is 5.82 Å². The zero-order valence-corrected chi connectivity index (χ0v) is 13.8. The van der Waals surface area contributed by atoms with Gasteiger partial charge in [-0.15, -0.1) is 0 Å². The van der Waals surface area contributed by atoms with Crippen LogP contribution >= 0.6 is 0 Å². The van der Waals surface area contributed by atoms with Gasteiger partial charge in [0.2, 0.25) is 5.95 Å². The average molecular weight is 325 g/mol. The number of aryl methyl sites for hydroxylation is 2. The van der Waals surface area contributed by atoms with Crippen LogP contribution in [0.3, 0.4) is 0 Å². The molecule has 0 saturated heterocycles. The molecule has 2 aromatic heterocycles. The van der Waals surface area contributed by atoms with Gasteiger partial charge in [-0.25, -0.2) is 4.98 Å². The van der Waals surface area contributed by atoms with Crippen molar-refractivity contribution in [3.05, 3.63) is 47.9 Å². The zero-order chi connectivity index (χ0) is 16.9. The van der Waals surface area contributed by atoms with Crippen LogP contribution in [-0.2, 0) is 0 Å². The van der Waals surface area contributed by atoms with Gasteiger partial charge in [-0.3, -0.25) is 0 Å². The van der Waals surface area contributed by atoms with Crippen LogP contribution in [0.1, 0.15) is 18.4 Å². The van der Waals surface area contributed by atoms with Crippen molar-refractivity contribution in [3.63, 3.8) is 0 Å². The number of hydrogen-bond donors (Lipinski definition) is 2. The standard InChI is InChI=1S/C17H19N5O2/c1-4-23-14-7-5-13(6-8-14)19-17-18-11(2)9-15(21-17)20-16-10-12(3)24-22-16/h5-10H,4H2,1-3H3,(H2,18,19,20,21,22). The molecule has 0 spiro atoms. The van der Waals surface area contributed by atoms with Crippen molar-refractivity contribution in [1.29, 1.82) is 0 Å². The third kappa shape index (κ3) is 4.01. The lowest BCUT2D eigenvalue weighted by atomic mass is 10.3. The first-order valence-corrected chi connectivity index (χ1v) is 7.68. The second kappa shape index (κ2) is 6.99. The zero-order valence-electron chi connectivity index (χ0n) is 13.8. The van der Waals surface area contributed by atoms with Gasteiger partial charge in [0.05, 0.1) is 6.61 Å². The molecule has 0 bridgehead atoms. The molecule has 0 aliphatic heterocycles. The fourth-order valence-electron chi connectivity index (χ4n) is 2.18. The molecule has 7 nitrogen and oxygen atoms in total. The van der Waals surface area contributed by atoms with Crippen LogP contribution in [0.2, 0.25) is 0 Å². The van der Waals surface area contributed by atoms with Crippen LogP contribution in [0.25, 0.3) is 0 Å². The molecular weight excluding hydrogens is 306 g/mol. The van der Waals surface area contributed by atoms with E-state index in [1.807, 2.05) is 51.1 Å². The third-order valence-corrected chi connectivity index (χ3v) is 3.16. The average Bonchev–Trinajstić information content (AvgIpc) is 2.94. The Morgan fingerprint density at radius 3 is 2.46 bits per heavy atom. The molecule has 24 heavy (non-hydrogen) atoms. The lowest BCUT2D eigenvalue weighted by Crippen LogP contribution is -2.02. The lowest BCUT2D eigenvalue weighted by Gasteiger charge is -2.09. The minimum absolute atomic E-state index is 0.502. The van der Waals surface area contributed by atoms with Gasteiger partial charge in [-0.1, -0.05) is 5.16 Å². The van der Waals surface area contributed by atoms with Gasteiger partial charge in [0.25, 0.3) is 0 Å². The summed E-state index contributed by atoms with van der Waals surface area (Å²) in [4.78, 5) is 8.84. The molecule has 0 atom stereocenters. The summed E-state index contributed by atoms with van der Waals surface area (Å²) in [6.45, 7) is 6.34. The summed E-state index contributed by atoms with van der Waals surface area (Å²) in [5.74, 6) is 3.32. The van der Waals surface area contributed by atoms with E-state index in [0.717, 1.165) is 22.9 Å². The highest BCUT2D eigenvalue weighted by molar-refractivity contribution is 5.58. The van der Waals surface area contributed by atoms with Crippen molar-refractivity contribution in [1.82, 2.24) is 15.1 Å². The van der Waals surface area contributed by atoms with Crippen LogP contribution in [0, 0.1) is 13.8 Å². The Bertz CT molecular complexity index is 814. The Kier molecular flexibility index (Phi) is 4.60. The second-order valence-electron chi connectivity index (χ2n) is 5.25. The highest BCUT2D eigenvalue weighted by Gasteiger charge is 2.06. The number of anilines is 4. The quantitative estimate of drug-likeness (QED) is 0.709. The van der Waals surface area contributed by atoms with Crippen molar-refractivity contribution < 1.29 is 9.26 Å². The first-order chi connectivity index (χ1) is 11.6. The Balaban J connectivity index is 1.75. The highest BCUT2D eigenvalue weighted by atomic mass is 16.5. The van der Waals surface area contributed by atoms with Gasteiger partial charge in [-0.05, 0) is 45.0 Å². The van der Waals surface area contributed by atoms with Crippen LogP contribution in [0.5, 0.6) is 5.75 Å². The van der Waals surface area contributed by atoms with E-state index in [-0.39, 0.29) is 0 Å². The fourth-order valence-corrected chi connectivity index (χ4v) is 2.18. The molecule has 124 valence electrons. The summed E-state index contributed by atoms with van der Waals surface area (Å²) in [5.41, 5.74) is 1.72. The number of hydrogen-bond acceptors (Lipinski definition) is 7. The molecule has 3 rings (SSSR count). The lowest BCUT2D eigenvalue weighted by molar-refractivity contribution is 0.340. The molecule has 2 heterocycles. The van der Waals surface area contributed by atoms with E-state index in [4.69, 9.17) is 9.26 Å². The number of nitrogens with one attached hydrogen (secondary N) is 2. The molecule has 0 aliphatic rings. The van der Waals surface area contributed by atoms with Crippen LogP contribution in [-0.4, -0.2) is 21.7 Å². The number of benzene rings is 1. The Morgan fingerprint density at radius 2 is 1.79 bits per heavy atom. The molecule has 0 radical (unpaired) electrons.